The molecule has 2 atom stereocenters. The number of halogens is 1. The number of hydrogen-bond donors (Lipinski definition) is 3. The first-order chi connectivity index (χ1) is 8.16. The summed E-state index contributed by atoms with van der Waals surface area (Å²) in [5.41, 5.74) is 2.06. The SMILES string of the molecule is Cc1ccc(F)cc1CNCC1CNCC1O. The van der Waals surface area contributed by atoms with E-state index in [9.17, 15) is 9.50 Å². The summed E-state index contributed by atoms with van der Waals surface area (Å²) in [6.07, 6.45) is -0.267. The first kappa shape index (κ1) is 12.5. The number of aliphatic hydroxyl groups excluding tert-OH is 1. The van der Waals surface area contributed by atoms with Gasteiger partial charge in [-0.3, -0.25) is 0 Å². The molecule has 0 spiro atoms. The third-order valence-electron chi connectivity index (χ3n) is 3.34. The monoisotopic (exact) mass is 238 g/mol. The first-order valence-electron chi connectivity index (χ1n) is 6.01. The second kappa shape index (κ2) is 5.58. The van der Waals surface area contributed by atoms with E-state index >= 15 is 0 Å². The molecule has 0 aliphatic carbocycles. The van der Waals surface area contributed by atoms with Gasteiger partial charge in [-0.05, 0) is 30.2 Å². The van der Waals surface area contributed by atoms with E-state index in [4.69, 9.17) is 0 Å². The maximum Gasteiger partial charge on any atom is 0.123 e. The number of hydrogen-bond acceptors (Lipinski definition) is 3. The fourth-order valence-corrected chi connectivity index (χ4v) is 2.15. The fraction of sp³-hybridized carbons (Fsp3) is 0.538. The quantitative estimate of drug-likeness (QED) is 0.727. The fourth-order valence-electron chi connectivity index (χ4n) is 2.15. The van der Waals surface area contributed by atoms with Crippen molar-refractivity contribution in [3.63, 3.8) is 0 Å². The number of β-amino-alcohol motifs (C(OH)–C–C–N with tert-alkyl or cyclic N) is 1. The predicted molar refractivity (Wildman–Crippen MR) is 65.2 cm³/mol. The van der Waals surface area contributed by atoms with Crippen molar-refractivity contribution in [3.8, 4) is 0 Å². The van der Waals surface area contributed by atoms with E-state index in [1.807, 2.05) is 6.92 Å². The van der Waals surface area contributed by atoms with Crippen LogP contribution in [0, 0.1) is 18.7 Å². The van der Waals surface area contributed by atoms with Gasteiger partial charge >= 0.3 is 0 Å². The van der Waals surface area contributed by atoms with Crippen molar-refractivity contribution in [1.82, 2.24) is 10.6 Å². The lowest BCUT2D eigenvalue weighted by Crippen LogP contribution is -2.30. The van der Waals surface area contributed by atoms with Crippen molar-refractivity contribution < 1.29 is 9.50 Å². The molecule has 3 nitrogen and oxygen atoms in total. The number of benzene rings is 1. The maximum absolute atomic E-state index is 13.1. The molecule has 0 saturated carbocycles. The van der Waals surface area contributed by atoms with Crippen molar-refractivity contribution in [3.05, 3.63) is 35.1 Å². The topological polar surface area (TPSA) is 44.3 Å². The lowest BCUT2D eigenvalue weighted by Gasteiger charge is -2.14. The summed E-state index contributed by atoms with van der Waals surface area (Å²) in [6, 6.07) is 4.83. The highest BCUT2D eigenvalue weighted by Crippen LogP contribution is 2.11. The lowest BCUT2D eigenvalue weighted by molar-refractivity contribution is 0.146. The van der Waals surface area contributed by atoms with Crippen LogP contribution >= 0.6 is 0 Å². The molecular weight excluding hydrogens is 219 g/mol. The number of nitrogens with one attached hydrogen (secondary N) is 2. The van der Waals surface area contributed by atoms with Crippen LogP contribution in [0.5, 0.6) is 0 Å². The molecule has 1 aliphatic heterocycles. The zero-order chi connectivity index (χ0) is 12.3. The van der Waals surface area contributed by atoms with Crippen molar-refractivity contribution in [1.29, 1.82) is 0 Å². The summed E-state index contributed by atoms with van der Waals surface area (Å²) < 4.78 is 13.1. The molecule has 2 unspecified atom stereocenters. The maximum atomic E-state index is 13.1. The van der Waals surface area contributed by atoms with E-state index in [0.29, 0.717) is 13.1 Å². The molecule has 0 amide bonds. The van der Waals surface area contributed by atoms with Gasteiger partial charge in [-0.25, -0.2) is 4.39 Å². The van der Waals surface area contributed by atoms with E-state index in [2.05, 4.69) is 10.6 Å². The third kappa shape index (κ3) is 3.25. The molecule has 17 heavy (non-hydrogen) atoms. The number of aliphatic hydroxyl groups is 1. The van der Waals surface area contributed by atoms with Crippen molar-refractivity contribution in [2.45, 2.75) is 19.6 Å². The van der Waals surface area contributed by atoms with Crippen LogP contribution in [0.1, 0.15) is 11.1 Å². The molecule has 1 saturated heterocycles. The Labute approximate surface area is 101 Å². The molecule has 1 aromatic carbocycles. The Hall–Kier alpha value is -0.970. The van der Waals surface area contributed by atoms with Gasteiger partial charge in [-0.1, -0.05) is 6.07 Å². The van der Waals surface area contributed by atoms with E-state index in [1.54, 1.807) is 12.1 Å². The Morgan fingerprint density at radius 2 is 2.29 bits per heavy atom. The van der Waals surface area contributed by atoms with Crippen molar-refractivity contribution >= 4 is 0 Å². The Bertz CT molecular complexity index is 384. The van der Waals surface area contributed by atoms with Gasteiger partial charge in [0.25, 0.3) is 0 Å². The van der Waals surface area contributed by atoms with Gasteiger partial charge in [0, 0.05) is 32.1 Å². The van der Waals surface area contributed by atoms with Crippen molar-refractivity contribution in [2.75, 3.05) is 19.6 Å². The smallest absolute Gasteiger partial charge is 0.123 e. The van der Waals surface area contributed by atoms with Gasteiger partial charge in [0.05, 0.1) is 6.10 Å². The Kier molecular flexibility index (Phi) is 4.10. The molecule has 1 aliphatic rings. The minimum Gasteiger partial charge on any atom is -0.391 e. The normalized spacial score (nSPS) is 24.2. The Balaban J connectivity index is 1.83. The van der Waals surface area contributed by atoms with Gasteiger partial charge < -0.3 is 15.7 Å². The molecule has 0 aromatic heterocycles. The minimum absolute atomic E-state index is 0.199. The van der Waals surface area contributed by atoms with Crippen LogP contribution in [0.4, 0.5) is 4.39 Å². The first-order valence-corrected chi connectivity index (χ1v) is 6.01. The van der Waals surface area contributed by atoms with E-state index in [1.165, 1.54) is 6.07 Å². The zero-order valence-corrected chi connectivity index (χ0v) is 10.0. The molecule has 1 heterocycles. The highest BCUT2D eigenvalue weighted by atomic mass is 19.1. The number of rotatable bonds is 4. The van der Waals surface area contributed by atoms with Gasteiger partial charge in [-0.15, -0.1) is 0 Å². The summed E-state index contributed by atoms with van der Waals surface area (Å²) in [6.45, 7) is 4.89. The van der Waals surface area contributed by atoms with Crippen LogP contribution in [0.2, 0.25) is 0 Å². The molecule has 1 fully saturated rings. The van der Waals surface area contributed by atoms with Crippen LogP contribution in [0.25, 0.3) is 0 Å². The summed E-state index contributed by atoms with van der Waals surface area (Å²) in [4.78, 5) is 0. The highest BCUT2D eigenvalue weighted by molar-refractivity contribution is 5.26. The van der Waals surface area contributed by atoms with E-state index in [0.717, 1.165) is 24.2 Å². The molecule has 4 heteroatoms. The zero-order valence-electron chi connectivity index (χ0n) is 10.0. The van der Waals surface area contributed by atoms with Crippen LogP contribution in [0.3, 0.4) is 0 Å². The highest BCUT2D eigenvalue weighted by Gasteiger charge is 2.23. The van der Waals surface area contributed by atoms with E-state index < -0.39 is 0 Å². The molecule has 2 rings (SSSR count). The molecule has 94 valence electrons. The average Bonchev–Trinajstić information content (AvgIpc) is 2.70. The predicted octanol–water partition coefficient (Wildman–Crippen LogP) is 0.804. The van der Waals surface area contributed by atoms with Gasteiger partial charge in [-0.2, -0.15) is 0 Å². The summed E-state index contributed by atoms with van der Waals surface area (Å²) in [7, 11) is 0. The second-order valence-corrected chi connectivity index (χ2v) is 4.69. The summed E-state index contributed by atoms with van der Waals surface area (Å²) in [5.74, 6) is 0.0545. The molecular formula is C13H19FN2O. The standard InChI is InChI=1S/C13H19FN2O/c1-9-2-3-12(14)4-10(9)5-15-6-11-7-16-8-13(11)17/h2-4,11,13,15-17H,5-8H2,1H3. The Morgan fingerprint density at radius 1 is 1.47 bits per heavy atom. The number of aryl methyl sites for hydroxylation is 1. The van der Waals surface area contributed by atoms with Gasteiger partial charge in [0.15, 0.2) is 0 Å². The molecule has 1 aromatic rings. The largest absolute Gasteiger partial charge is 0.391 e. The molecule has 3 N–H and O–H groups in total. The van der Waals surface area contributed by atoms with Gasteiger partial charge in [0.2, 0.25) is 0 Å². The van der Waals surface area contributed by atoms with E-state index in [-0.39, 0.29) is 17.8 Å². The lowest BCUT2D eigenvalue weighted by atomic mass is 10.1. The summed E-state index contributed by atoms with van der Waals surface area (Å²) in [5, 5.41) is 16.0. The van der Waals surface area contributed by atoms with Crippen LogP contribution in [0.15, 0.2) is 18.2 Å². The average molecular weight is 238 g/mol. The van der Waals surface area contributed by atoms with Crippen LogP contribution in [-0.2, 0) is 6.54 Å². The summed E-state index contributed by atoms with van der Waals surface area (Å²) >= 11 is 0. The second-order valence-electron chi connectivity index (χ2n) is 4.69. The van der Waals surface area contributed by atoms with Crippen LogP contribution < -0.4 is 10.6 Å². The van der Waals surface area contributed by atoms with Gasteiger partial charge in [0.1, 0.15) is 5.82 Å². The Morgan fingerprint density at radius 3 is 3.00 bits per heavy atom. The molecule has 0 radical (unpaired) electrons. The minimum atomic E-state index is -0.267. The third-order valence-corrected chi connectivity index (χ3v) is 3.34. The molecule has 0 bridgehead atoms. The van der Waals surface area contributed by atoms with Crippen LogP contribution in [-0.4, -0.2) is 30.8 Å². The van der Waals surface area contributed by atoms with Crippen molar-refractivity contribution in [2.24, 2.45) is 5.92 Å².